The van der Waals surface area contributed by atoms with Gasteiger partial charge in [-0.25, -0.2) is 17.6 Å². The summed E-state index contributed by atoms with van der Waals surface area (Å²) in [6.07, 6.45) is 0. The van der Waals surface area contributed by atoms with Crippen LogP contribution in [0.5, 0.6) is 11.5 Å². The van der Waals surface area contributed by atoms with Gasteiger partial charge in [-0.05, 0) is 24.3 Å². The summed E-state index contributed by atoms with van der Waals surface area (Å²) in [6, 6.07) is 5.05. The van der Waals surface area contributed by atoms with Crippen LogP contribution in [0.25, 0.3) is 0 Å². The van der Waals surface area contributed by atoms with Crippen molar-refractivity contribution < 1.29 is 45.1 Å². The van der Waals surface area contributed by atoms with Gasteiger partial charge in [0.2, 0.25) is 0 Å². The van der Waals surface area contributed by atoms with Gasteiger partial charge < -0.3 is 10.2 Å². The molecular formula is C12H8CrF4O2. The van der Waals surface area contributed by atoms with E-state index in [1.54, 1.807) is 0 Å². The van der Waals surface area contributed by atoms with Crippen LogP contribution in [0, 0.1) is 23.3 Å². The maximum Gasteiger partial charge on any atom is 0.165 e. The molecule has 19 heavy (non-hydrogen) atoms. The molecule has 0 heterocycles. The number of phenols is 2. The molecule has 0 unspecified atom stereocenters. The van der Waals surface area contributed by atoms with E-state index in [2.05, 4.69) is 0 Å². The molecule has 0 fully saturated rings. The molecule has 0 amide bonds. The number of hydrogen-bond donors (Lipinski definition) is 2. The number of benzene rings is 2. The van der Waals surface area contributed by atoms with Crippen molar-refractivity contribution in [1.29, 1.82) is 0 Å². The normalized spacial score (nSPS) is 9.05. The molecule has 0 saturated carbocycles. The zero-order chi connectivity index (χ0) is 13.7. The van der Waals surface area contributed by atoms with Gasteiger partial charge in [0, 0.05) is 29.5 Å². The number of hydrogen-bond acceptors (Lipinski definition) is 2. The van der Waals surface area contributed by atoms with Gasteiger partial charge >= 0.3 is 0 Å². The van der Waals surface area contributed by atoms with Crippen molar-refractivity contribution >= 4 is 0 Å². The van der Waals surface area contributed by atoms with E-state index in [0.717, 1.165) is 36.4 Å². The first kappa shape index (κ1) is 17.3. The number of phenolic OH excluding ortho intramolecular Hbond substituents is 2. The van der Waals surface area contributed by atoms with Crippen LogP contribution in [-0.4, -0.2) is 10.2 Å². The second kappa shape index (κ2) is 7.67. The summed E-state index contributed by atoms with van der Waals surface area (Å²) in [5.74, 6) is -4.22. The van der Waals surface area contributed by atoms with Crippen LogP contribution in [0.4, 0.5) is 17.6 Å². The van der Waals surface area contributed by atoms with Crippen LogP contribution in [0.15, 0.2) is 36.4 Å². The van der Waals surface area contributed by atoms with Gasteiger partial charge in [-0.15, -0.1) is 0 Å². The van der Waals surface area contributed by atoms with E-state index in [9.17, 15) is 17.6 Å². The van der Waals surface area contributed by atoms with Crippen molar-refractivity contribution in [2.75, 3.05) is 0 Å². The third-order valence-electron chi connectivity index (χ3n) is 1.82. The van der Waals surface area contributed by atoms with E-state index >= 15 is 0 Å². The van der Waals surface area contributed by atoms with Crippen LogP contribution in [0.3, 0.4) is 0 Å². The fourth-order valence-corrected chi connectivity index (χ4v) is 0.972. The Labute approximate surface area is 117 Å². The standard InChI is InChI=1S/2C6H4F2O.Cr/c2*7-4-1-2-5(8)6(9)3-4;/h2*1-3,9H;. The maximum absolute atomic E-state index is 12.1. The molecule has 0 aliphatic carbocycles. The third-order valence-corrected chi connectivity index (χ3v) is 1.82. The molecule has 0 aliphatic heterocycles. The first-order valence-corrected chi connectivity index (χ1v) is 4.68. The SMILES string of the molecule is Oc1cc(F)ccc1F.Oc1cc(F)ccc1F.[Cr]. The van der Waals surface area contributed by atoms with E-state index < -0.39 is 34.8 Å². The van der Waals surface area contributed by atoms with Gasteiger partial charge in [0.1, 0.15) is 11.6 Å². The largest absolute Gasteiger partial charge is 0.505 e. The van der Waals surface area contributed by atoms with E-state index in [0.29, 0.717) is 0 Å². The first-order chi connectivity index (χ1) is 8.40. The van der Waals surface area contributed by atoms with Crippen molar-refractivity contribution in [2.45, 2.75) is 0 Å². The second-order valence-corrected chi connectivity index (χ2v) is 3.19. The minimum atomic E-state index is -0.809. The molecule has 0 aliphatic rings. The zero-order valence-electron chi connectivity index (χ0n) is 9.28. The van der Waals surface area contributed by atoms with Crippen molar-refractivity contribution in [3.05, 3.63) is 59.7 Å². The van der Waals surface area contributed by atoms with Crippen LogP contribution in [0.2, 0.25) is 0 Å². The van der Waals surface area contributed by atoms with Crippen LogP contribution >= 0.6 is 0 Å². The smallest absolute Gasteiger partial charge is 0.165 e. The van der Waals surface area contributed by atoms with Crippen molar-refractivity contribution in [3.8, 4) is 11.5 Å². The molecule has 0 atom stereocenters. The van der Waals surface area contributed by atoms with Crippen molar-refractivity contribution in [1.82, 2.24) is 0 Å². The summed E-state index contributed by atoms with van der Waals surface area (Å²) in [7, 11) is 0. The quantitative estimate of drug-likeness (QED) is 0.733. The molecule has 0 aromatic heterocycles. The Bertz CT molecular complexity index is 500. The van der Waals surface area contributed by atoms with E-state index in [4.69, 9.17) is 10.2 Å². The first-order valence-electron chi connectivity index (χ1n) is 4.68. The summed E-state index contributed by atoms with van der Waals surface area (Å²) in [5.41, 5.74) is 0. The molecule has 2 aromatic rings. The Hall–Kier alpha value is -1.71. The molecule has 2 N–H and O–H groups in total. The molecule has 2 nitrogen and oxygen atoms in total. The van der Waals surface area contributed by atoms with Crippen LogP contribution in [0.1, 0.15) is 0 Å². The fourth-order valence-electron chi connectivity index (χ4n) is 0.972. The average Bonchev–Trinajstić information content (AvgIpc) is 2.30. The molecular weight excluding hydrogens is 304 g/mol. The Morgan fingerprint density at radius 3 is 1.16 bits per heavy atom. The van der Waals surface area contributed by atoms with Gasteiger partial charge in [0.25, 0.3) is 0 Å². The van der Waals surface area contributed by atoms with E-state index in [-0.39, 0.29) is 17.4 Å². The van der Waals surface area contributed by atoms with Crippen molar-refractivity contribution in [2.24, 2.45) is 0 Å². The van der Waals surface area contributed by atoms with Gasteiger partial charge in [-0.2, -0.15) is 0 Å². The minimum Gasteiger partial charge on any atom is -0.505 e. The molecule has 0 spiro atoms. The molecule has 0 radical (unpaired) electrons. The Balaban J connectivity index is 0.000000324. The van der Waals surface area contributed by atoms with Crippen molar-refractivity contribution in [3.63, 3.8) is 0 Å². The summed E-state index contributed by atoms with van der Waals surface area (Å²) >= 11 is 0. The van der Waals surface area contributed by atoms with Crippen LogP contribution in [-0.2, 0) is 17.4 Å². The monoisotopic (exact) mass is 312 g/mol. The number of halogens is 4. The summed E-state index contributed by atoms with van der Waals surface area (Å²) in [5, 5.41) is 17.0. The topological polar surface area (TPSA) is 40.5 Å². The van der Waals surface area contributed by atoms with Gasteiger partial charge in [0.05, 0.1) is 0 Å². The third kappa shape index (κ3) is 5.64. The number of rotatable bonds is 0. The van der Waals surface area contributed by atoms with Crippen LogP contribution < -0.4 is 0 Å². The summed E-state index contributed by atoms with van der Waals surface area (Å²) < 4.78 is 48.2. The van der Waals surface area contributed by atoms with Gasteiger partial charge in [0.15, 0.2) is 23.1 Å². The summed E-state index contributed by atoms with van der Waals surface area (Å²) in [6.45, 7) is 0. The van der Waals surface area contributed by atoms with Gasteiger partial charge in [-0.3, -0.25) is 0 Å². The predicted octanol–water partition coefficient (Wildman–Crippen LogP) is 3.34. The molecule has 102 valence electrons. The maximum atomic E-state index is 12.1. The summed E-state index contributed by atoms with van der Waals surface area (Å²) in [4.78, 5) is 0. The van der Waals surface area contributed by atoms with E-state index in [1.165, 1.54) is 0 Å². The zero-order valence-corrected chi connectivity index (χ0v) is 10.6. The molecule has 2 rings (SSSR count). The number of aromatic hydroxyl groups is 2. The molecule has 0 bridgehead atoms. The molecule has 0 saturated heterocycles. The Morgan fingerprint density at radius 1 is 0.632 bits per heavy atom. The molecule has 7 heteroatoms. The Kier molecular flexibility index (Phi) is 6.98. The Morgan fingerprint density at radius 2 is 0.947 bits per heavy atom. The van der Waals surface area contributed by atoms with E-state index in [1.807, 2.05) is 0 Å². The average molecular weight is 312 g/mol. The fraction of sp³-hybridized carbons (Fsp3) is 0. The second-order valence-electron chi connectivity index (χ2n) is 3.19. The van der Waals surface area contributed by atoms with Gasteiger partial charge in [-0.1, -0.05) is 0 Å². The minimum absolute atomic E-state index is 0. The predicted molar refractivity (Wildman–Crippen MR) is 56.0 cm³/mol. The molecule has 2 aromatic carbocycles.